The number of anilines is 2. The third-order valence-electron chi connectivity index (χ3n) is 5.04. The summed E-state index contributed by atoms with van der Waals surface area (Å²) in [5.74, 6) is -0.391. The molecule has 6 nitrogen and oxygen atoms in total. The predicted molar refractivity (Wildman–Crippen MR) is 94.8 cm³/mol. The minimum absolute atomic E-state index is 0.0220. The molecular weight excluding hydrogens is 306 g/mol. The number of hydrogen-bond acceptors (Lipinski definition) is 4. The van der Waals surface area contributed by atoms with Crippen LogP contribution < -0.4 is 16.4 Å². The first kappa shape index (κ1) is 18.4. The van der Waals surface area contributed by atoms with Gasteiger partial charge in [0.1, 0.15) is 5.54 Å². The van der Waals surface area contributed by atoms with E-state index in [0.717, 1.165) is 5.56 Å². The number of carbonyl (C=O) groups is 2. The molecule has 1 aliphatic carbocycles. The van der Waals surface area contributed by atoms with E-state index in [1.807, 2.05) is 33.8 Å². The van der Waals surface area contributed by atoms with Crippen LogP contribution in [-0.2, 0) is 14.3 Å². The third-order valence-corrected chi connectivity index (χ3v) is 5.04. The highest BCUT2D eigenvalue weighted by atomic mass is 16.5. The van der Waals surface area contributed by atoms with Crippen molar-refractivity contribution in [1.82, 2.24) is 0 Å². The molecule has 1 aromatic rings. The molecular formula is C18H27N3O3. The number of carbonyl (C=O) groups excluding carboxylic acids is 2. The Morgan fingerprint density at radius 2 is 2.00 bits per heavy atom. The van der Waals surface area contributed by atoms with E-state index >= 15 is 0 Å². The number of hydrogen-bond donors (Lipinski definition) is 3. The van der Waals surface area contributed by atoms with Gasteiger partial charge in [0.25, 0.3) is 0 Å². The first-order valence-electron chi connectivity index (χ1n) is 8.22. The van der Waals surface area contributed by atoms with Crippen LogP contribution in [0.1, 0.15) is 39.7 Å². The van der Waals surface area contributed by atoms with Crippen LogP contribution in [0.25, 0.3) is 0 Å². The van der Waals surface area contributed by atoms with Crippen molar-refractivity contribution in [2.45, 2.75) is 52.7 Å². The molecule has 0 saturated heterocycles. The van der Waals surface area contributed by atoms with Gasteiger partial charge in [-0.05, 0) is 31.5 Å². The molecule has 4 N–H and O–H groups in total. The van der Waals surface area contributed by atoms with E-state index in [4.69, 9.17) is 10.5 Å². The number of nitrogens with one attached hydrogen (secondary N) is 2. The van der Waals surface area contributed by atoms with Crippen LogP contribution in [0.5, 0.6) is 0 Å². The molecule has 2 rings (SSSR count). The lowest BCUT2D eigenvalue weighted by Gasteiger charge is -2.57. The molecule has 24 heavy (non-hydrogen) atoms. The summed E-state index contributed by atoms with van der Waals surface area (Å²) in [4.78, 5) is 24.0. The summed E-state index contributed by atoms with van der Waals surface area (Å²) < 4.78 is 5.66. The van der Waals surface area contributed by atoms with Crippen molar-refractivity contribution in [3.8, 4) is 0 Å². The highest BCUT2D eigenvalue weighted by Gasteiger charge is 2.62. The van der Waals surface area contributed by atoms with Gasteiger partial charge < -0.3 is 21.1 Å². The zero-order valence-corrected chi connectivity index (χ0v) is 15.0. The van der Waals surface area contributed by atoms with Crippen molar-refractivity contribution >= 4 is 23.2 Å². The second-order valence-corrected chi connectivity index (χ2v) is 7.01. The van der Waals surface area contributed by atoms with Gasteiger partial charge in [0.15, 0.2) is 0 Å². The lowest BCUT2D eigenvalue weighted by Crippen LogP contribution is -2.74. The summed E-state index contributed by atoms with van der Waals surface area (Å²) in [6, 6.07) is 5.39. The van der Waals surface area contributed by atoms with Crippen molar-refractivity contribution in [2.75, 3.05) is 17.2 Å². The molecule has 2 unspecified atom stereocenters. The molecule has 1 aliphatic rings. The monoisotopic (exact) mass is 333 g/mol. The lowest BCUT2D eigenvalue weighted by atomic mass is 9.54. The van der Waals surface area contributed by atoms with Crippen molar-refractivity contribution in [3.63, 3.8) is 0 Å². The number of ether oxygens (including phenoxy) is 1. The second kappa shape index (κ2) is 6.53. The molecule has 0 bridgehead atoms. The van der Waals surface area contributed by atoms with Crippen LogP contribution in [0, 0.1) is 12.3 Å². The van der Waals surface area contributed by atoms with Crippen molar-refractivity contribution < 1.29 is 14.3 Å². The Bertz CT molecular complexity index is 657. The minimum Gasteiger partial charge on any atom is -0.378 e. The van der Waals surface area contributed by atoms with Gasteiger partial charge in [-0.15, -0.1) is 0 Å². The summed E-state index contributed by atoms with van der Waals surface area (Å²) >= 11 is 0. The quantitative estimate of drug-likeness (QED) is 0.771. The molecule has 2 amide bonds. The number of aryl methyl sites for hydroxylation is 1. The molecule has 2 atom stereocenters. The molecule has 0 heterocycles. The summed E-state index contributed by atoms with van der Waals surface area (Å²) in [6.45, 7) is 9.78. The van der Waals surface area contributed by atoms with Crippen molar-refractivity contribution in [1.29, 1.82) is 0 Å². The van der Waals surface area contributed by atoms with Gasteiger partial charge in [-0.3, -0.25) is 9.59 Å². The van der Waals surface area contributed by atoms with E-state index in [9.17, 15) is 9.59 Å². The average molecular weight is 333 g/mol. The summed E-state index contributed by atoms with van der Waals surface area (Å²) in [7, 11) is 0. The molecule has 0 aliphatic heterocycles. The number of benzene rings is 1. The van der Waals surface area contributed by atoms with Crippen LogP contribution >= 0.6 is 0 Å². The minimum atomic E-state index is -0.980. The van der Waals surface area contributed by atoms with Crippen LogP contribution in [0.15, 0.2) is 18.2 Å². The molecule has 1 aromatic carbocycles. The molecule has 1 fully saturated rings. The maximum atomic E-state index is 12.7. The number of amides is 2. The maximum absolute atomic E-state index is 12.7. The number of nitrogens with two attached hydrogens (primary N) is 1. The standard InChI is InChI=1S/C18H27N3O3/c1-6-24-15-10-18(19,17(15,4)5)16(23)21-13-8-7-11(2)14(9-13)20-12(3)22/h7-9,15H,6,10,19H2,1-5H3,(H,20,22)(H,21,23). The zero-order chi connectivity index (χ0) is 18.1. The first-order chi connectivity index (χ1) is 11.1. The molecule has 0 spiro atoms. The zero-order valence-electron chi connectivity index (χ0n) is 15.0. The Kier molecular flexibility index (Phi) is 5.01. The fourth-order valence-corrected chi connectivity index (χ4v) is 3.09. The van der Waals surface area contributed by atoms with Gasteiger partial charge in [-0.25, -0.2) is 0 Å². The lowest BCUT2D eigenvalue weighted by molar-refractivity contribution is -0.166. The van der Waals surface area contributed by atoms with Crippen molar-refractivity contribution in [3.05, 3.63) is 23.8 Å². The third kappa shape index (κ3) is 3.16. The van der Waals surface area contributed by atoms with E-state index in [1.54, 1.807) is 12.1 Å². The fraction of sp³-hybridized carbons (Fsp3) is 0.556. The van der Waals surface area contributed by atoms with Crippen LogP contribution in [-0.4, -0.2) is 30.1 Å². The topological polar surface area (TPSA) is 93.4 Å². The summed E-state index contributed by atoms with van der Waals surface area (Å²) in [5.41, 5.74) is 7.15. The second-order valence-electron chi connectivity index (χ2n) is 7.01. The Balaban J connectivity index is 2.14. The van der Waals surface area contributed by atoms with Gasteiger partial charge in [0, 0.05) is 36.7 Å². The van der Waals surface area contributed by atoms with Crippen molar-refractivity contribution in [2.24, 2.45) is 11.1 Å². The van der Waals surface area contributed by atoms with E-state index in [2.05, 4.69) is 10.6 Å². The smallest absolute Gasteiger partial charge is 0.245 e. The molecule has 0 radical (unpaired) electrons. The van der Waals surface area contributed by atoms with E-state index in [-0.39, 0.29) is 17.9 Å². The van der Waals surface area contributed by atoms with Gasteiger partial charge >= 0.3 is 0 Å². The van der Waals surface area contributed by atoms with Crippen LogP contribution in [0.4, 0.5) is 11.4 Å². The normalized spacial score (nSPS) is 24.8. The fourth-order valence-electron chi connectivity index (χ4n) is 3.09. The first-order valence-corrected chi connectivity index (χ1v) is 8.22. The van der Waals surface area contributed by atoms with E-state index in [0.29, 0.717) is 24.4 Å². The highest BCUT2D eigenvalue weighted by molar-refractivity contribution is 6.00. The maximum Gasteiger partial charge on any atom is 0.245 e. The SMILES string of the molecule is CCOC1CC(N)(C(=O)Nc2ccc(C)c(NC(C)=O)c2)C1(C)C. The molecule has 0 aromatic heterocycles. The number of rotatable bonds is 5. The van der Waals surface area contributed by atoms with E-state index in [1.165, 1.54) is 6.92 Å². The highest BCUT2D eigenvalue weighted by Crippen LogP contribution is 2.50. The summed E-state index contributed by atoms with van der Waals surface area (Å²) in [5, 5.41) is 5.62. The van der Waals surface area contributed by atoms with Gasteiger partial charge in [0.05, 0.1) is 6.10 Å². The average Bonchev–Trinajstić information content (AvgIpc) is 2.49. The van der Waals surface area contributed by atoms with Gasteiger partial charge in [0.2, 0.25) is 11.8 Å². The van der Waals surface area contributed by atoms with Gasteiger partial charge in [-0.1, -0.05) is 19.9 Å². The molecule has 132 valence electrons. The van der Waals surface area contributed by atoms with Crippen LogP contribution in [0.2, 0.25) is 0 Å². The van der Waals surface area contributed by atoms with Crippen LogP contribution in [0.3, 0.4) is 0 Å². The van der Waals surface area contributed by atoms with E-state index < -0.39 is 11.0 Å². The summed E-state index contributed by atoms with van der Waals surface area (Å²) in [6.07, 6.45) is 0.468. The molecule has 1 saturated carbocycles. The Hall–Kier alpha value is -1.92. The Morgan fingerprint density at radius 1 is 1.33 bits per heavy atom. The van der Waals surface area contributed by atoms with Gasteiger partial charge in [-0.2, -0.15) is 0 Å². The molecule has 6 heteroatoms. The predicted octanol–water partition coefficient (Wildman–Crippen LogP) is 2.42. The Morgan fingerprint density at radius 3 is 2.54 bits per heavy atom. The largest absolute Gasteiger partial charge is 0.378 e. The Labute approximate surface area is 143 Å².